The van der Waals surface area contributed by atoms with Gasteiger partial charge in [0.15, 0.2) is 0 Å². The molecule has 20 heavy (non-hydrogen) atoms. The topological polar surface area (TPSA) is 58.4 Å². The zero-order chi connectivity index (χ0) is 14.7. The number of carbonyl (C=O) groups is 1. The van der Waals surface area contributed by atoms with E-state index in [1.807, 2.05) is 30.5 Å². The molecule has 5 nitrogen and oxygen atoms in total. The van der Waals surface area contributed by atoms with Gasteiger partial charge in [0.1, 0.15) is 0 Å². The Labute approximate surface area is 120 Å². The predicted molar refractivity (Wildman–Crippen MR) is 77.4 cm³/mol. The molecule has 0 saturated carbocycles. The van der Waals surface area contributed by atoms with E-state index in [0.29, 0.717) is 6.42 Å². The van der Waals surface area contributed by atoms with E-state index < -0.39 is 0 Å². The lowest BCUT2D eigenvalue weighted by Gasteiger charge is -2.28. The van der Waals surface area contributed by atoms with Crippen LogP contribution in [0.5, 0.6) is 0 Å². The van der Waals surface area contributed by atoms with E-state index in [9.17, 15) is 9.90 Å². The highest BCUT2D eigenvalue weighted by Crippen LogP contribution is 2.19. The molecule has 0 radical (unpaired) electrons. The van der Waals surface area contributed by atoms with Crippen LogP contribution in [0.15, 0.2) is 0 Å². The molecule has 1 saturated heterocycles. The van der Waals surface area contributed by atoms with Gasteiger partial charge in [0.25, 0.3) is 0 Å². The van der Waals surface area contributed by atoms with Gasteiger partial charge < -0.3 is 10.0 Å². The van der Waals surface area contributed by atoms with E-state index in [1.54, 1.807) is 0 Å². The normalized spacial score (nSPS) is 20.0. The molecular formula is C15H25N3O2. The third kappa shape index (κ3) is 3.03. The highest BCUT2D eigenvalue weighted by atomic mass is 16.3. The van der Waals surface area contributed by atoms with Crippen molar-refractivity contribution in [3.05, 3.63) is 17.0 Å². The van der Waals surface area contributed by atoms with Crippen LogP contribution in [-0.2, 0) is 18.3 Å². The van der Waals surface area contributed by atoms with Gasteiger partial charge in [-0.25, -0.2) is 0 Å². The van der Waals surface area contributed by atoms with Gasteiger partial charge in [-0.1, -0.05) is 12.8 Å². The minimum Gasteiger partial charge on any atom is -0.394 e. The molecule has 0 aromatic carbocycles. The Morgan fingerprint density at radius 1 is 1.35 bits per heavy atom. The van der Waals surface area contributed by atoms with Crippen LogP contribution in [0.2, 0.25) is 0 Å². The summed E-state index contributed by atoms with van der Waals surface area (Å²) < 4.78 is 1.82. The second-order valence-electron chi connectivity index (χ2n) is 5.72. The fourth-order valence-corrected chi connectivity index (χ4v) is 3.02. The zero-order valence-corrected chi connectivity index (χ0v) is 12.7. The Bertz CT molecular complexity index is 482. The maximum absolute atomic E-state index is 12.6. The summed E-state index contributed by atoms with van der Waals surface area (Å²) in [6, 6.07) is -0.0118. The Morgan fingerprint density at radius 2 is 2.10 bits per heavy atom. The number of hydrogen-bond donors (Lipinski definition) is 1. The summed E-state index contributed by atoms with van der Waals surface area (Å²) >= 11 is 0. The van der Waals surface area contributed by atoms with Crippen LogP contribution in [0.1, 0.15) is 42.6 Å². The van der Waals surface area contributed by atoms with Crippen molar-refractivity contribution >= 4 is 5.91 Å². The van der Waals surface area contributed by atoms with Crippen LogP contribution in [-0.4, -0.2) is 44.9 Å². The molecule has 0 bridgehead atoms. The first-order valence-corrected chi connectivity index (χ1v) is 7.44. The third-order valence-electron chi connectivity index (χ3n) is 4.40. The van der Waals surface area contributed by atoms with Gasteiger partial charge in [-0.3, -0.25) is 9.48 Å². The van der Waals surface area contributed by atoms with Crippen LogP contribution < -0.4 is 0 Å². The fraction of sp³-hybridized carbons (Fsp3) is 0.733. The van der Waals surface area contributed by atoms with Gasteiger partial charge in [-0.05, 0) is 26.7 Å². The molecule has 1 aromatic rings. The number of likely N-dealkylation sites (tertiary alicyclic amines) is 1. The van der Waals surface area contributed by atoms with Crippen molar-refractivity contribution in [2.45, 2.75) is 52.0 Å². The van der Waals surface area contributed by atoms with E-state index in [2.05, 4.69) is 5.10 Å². The smallest absolute Gasteiger partial charge is 0.227 e. The van der Waals surface area contributed by atoms with Gasteiger partial charge in [0, 0.05) is 24.8 Å². The molecule has 5 heteroatoms. The molecule has 1 amide bonds. The van der Waals surface area contributed by atoms with Crippen molar-refractivity contribution in [3.63, 3.8) is 0 Å². The van der Waals surface area contributed by atoms with E-state index in [4.69, 9.17) is 0 Å². The van der Waals surface area contributed by atoms with Crippen molar-refractivity contribution < 1.29 is 9.90 Å². The average molecular weight is 279 g/mol. The molecule has 1 unspecified atom stereocenters. The third-order valence-corrected chi connectivity index (χ3v) is 4.40. The molecule has 112 valence electrons. The molecule has 1 aromatic heterocycles. The molecular weight excluding hydrogens is 254 g/mol. The highest BCUT2D eigenvalue weighted by molar-refractivity contribution is 5.79. The van der Waals surface area contributed by atoms with Crippen LogP contribution in [0.3, 0.4) is 0 Å². The van der Waals surface area contributed by atoms with Gasteiger partial charge in [-0.2, -0.15) is 5.10 Å². The van der Waals surface area contributed by atoms with Crippen molar-refractivity contribution in [2.75, 3.05) is 13.2 Å². The summed E-state index contributed by atoms with van der Waals surface area (Å²) in [6.07, 6.45) is 4.58. The molecule has 1 fully saturated rings. The summed E-state index contributed by atoms with van der Waals surface area (Å²) in [6.45, 7) is 4.77. The fourth-order valence-electron chi connectivity index (χ4n) is 3.02. The minimum absolute atomic E-state index is 0.0118. The SMILES string of the molecule is Cc1nn(C)c(C)c1CC(=O)N1CCCCCC1CO. The first-order chi connectivity index (χ1) is 9.54. The summed E-state index contributed by atoms with van der Waals surface area (Å²) in [5.74, 6) is 0.116. The second kappa shape index (κ2) is 6.39. The van der Waals surface area contributed by atoms with E-state index >= 15 is 0 Å². The highest BCUT2D eigenvalue weighted by Gasteiger charge is 2.26. The number of aryl methyl sites for hydroxylation is 2. The van der Waals surface area contributed by atoms with Gasteiger partial charge in [-0.15, -0.1) is 0 Å². The number of aromatic nitrogens is 2. The van der Waals surface area contributed by atoms with Gasteiger partial charge in [0.2, 0.25) is 5.91 Å². The second-order valence-corrected chi connectivity index (χ2v) is 5.72. The molecule has 1 N–H and O–H groups in total. The largest absolute Gasteiger partial charge is 0.394 e. The Balaban J connectivity index is 2.13. The molecule has 2 rings (SSSR count). The van der Waals surface area contributed by atoms with E-state index in [-0.39, 0.29) is 18.6 Å². The number of aliphatic hydroxyl groups is 1. The lowest BCUT2D eigenvalue weighted by atomic mass is 10.1. The molecule has 2 heterocycles. The number of amides is 1. The number of nitrogens with zero attached hydrogens (tertiary/aromatic N) is 3. The van der Waals surface area contributed by atoms with Crippen LogP contribution in [0, 0.1) is 13.8 Å². The van der Waals surface area contributed by atoms with E-state index in [1.165, 1.54) is 0 Å². The first kappa shape index (κ1) is 15.0. The molecule has 0 spiro atoms. The molecule has 1 aliphatic rings. The summed E-state index contributed by atoms with van der Waals surface area (Å²) in [4.78, 5) is 14.5. The molecule has 0 aliphatic carbocycles. The van der Waals surface area contributed by atoms with E-state index in [0.717, 1.165) is 49.2 Å². The van der Waals surface area contributed by atoms with Gasteiger partial charge in [0.05, 0.1) is 24.8 Å². The predicted octanol–water partition coefficient (Wildman–Crippen LogP) is 1.34. The van der Waals surface area contributed by atoms with Crippen LogP contribution >= 0.6 is 0 Å². The maximum atomic E-state index is 12.6. The number of carbonyl (C=O) groups excluding carboxylic acids is 1. The van der Waals surface area contributed by atoms with Crippen molar-refractivity contribution in [2.24, 2.45) is 7.05 Å². The van der Waals surface area contributed by atoms with Crippen LogP contribution in [0.25, 0.3) is 0 Å². The maximum Gasteiger partial charge on any atom is 0.227 e. The zero-order valence-electron chi connectivity index (χ0n) is 12.7. The molecule has 1 atom stereocenters. The monoisotopic (exact) mass is 279 g/mol. The average Bonchev–Trinajstić information content (AvgIpc) is 2.65. The van der Waals surface area contributed by atoms with Crippen molar-refractivity contribution in [3.8, 4) is 0 Å². The Morgan fingerprint density at radius 3 is 2.70 bits per heavy atom. The number of rotatable bonds is 3. The van der Waals surface area contributed by atoms with Crippen molar-refractivity contribution in [1.82, 2.24) is 14.7 Å². The van der Waals surface area contributed by atoms with Gasteiger partial charge >= 0.3 is 0 Å². The first-order valence-electron chi connectivity index (χ1n) is 7.44. The van der Waals surface area contributed by atoms with Crippen molar-refractivity contribution in [1.29, 1.82) is 0 Å². The quantitative estimate of drug-likeness (QED) is 0.908. The lowest BCUT2D eigenvalue weighted by molar-refractivity contribution is -0.133. The Kier molecular flexibility index (Phi) is 4.81. The Hall–Kier alpha value is -1.36. The lowest BCUT2D eigenvalue weighted by Crippen LogP contribution is -2.43. The summed E-state index contributed by atoms with van der Waals surface area (Å²) in [7, 11) is 1.90. The minimum atomic E-state index is -0.0118. The summed E-state index contributed by atoms with van der Waals surface area (Å²) in [5.41, 5.74) is 3.00. The number of hydrogen-bond acceptors (Lipinski definition) is 3. The standard InChI is InChI=1S/C15H25N3O2/c1-11-14(12(2)17(3)16-11)9-15(20)18-8-6-4-5-7-13(18)10-19/h13,19H,4-10H2,1-3H3. The molecule has 1 aliphatic heterocycles. The number of aliphatic hydroxyl groups excluding tert-OH is 1. The van der Waals surface area contributed by atoms with Crippen LogP contribution in [0.4, 0.5) is 0 Å². The summed E-state index contributed by atoms with van der Waals surface area (Å²) in [5, 5.41) is 13.9.